The first-order valence-corrected chi connectivity index (χ1v) is 6.19. The molecule has 0 bridgehead atoms. The number of nitrogens with zero attached hydrogens (tertiary/aromatic N) is 2. The van der Waals surface area contributed by atoms with Crippen molar-refractivity contribution in [3.05, 3.63) is 0 Å². The van der Waals surface area contributed by atoms with Gasteiger partial charge in [0.25, 0.3) is 0 Å². The summed E-state index contributed by atoms with van der Waals surface area (Å²) in [6.07, 6.45) is 2.36. The maximum Gasteiger partial charge on any atom is 0.326 e. The number of hydrogen-bond donors (Lipinski definition) is 1. The lowest BCUT2D eigenvalue weighted by Crippen LogP contribution is -2.47. The zero-order valence-electron chi connectivity index (χ0n) is 10.5. The van der Waals surface area contributed by atoms with Gasteiger partial charge in [0.15, 0.2) is 0 Å². The Morgan fingerprint density at radius 2 is 2.00 bits per heavy atom. The van der Waals surface area contributed by atoms with Crippen LogP contribution in [0.5, 0.6) is 0 Å². The van der Waals surface area contributed by atoms with Crippen molar-refractivity contribution in [3.8, 4) is 0 Å². The second-order valence-electron chi connectivity index (χ2n) is 5.81. The van der Waals surface area contributed by atoms with E-state index in [4.69, 9.17) is 5.11 Å². The van der Waals surface area contributed by atoms with E-state index in [-0.39, 0.29) is 11.4 Å². The third kappa shape index (κ3) is 2.37. The van der Waals surface area contributed by atoms with E-state index in [9.17, 15) is 9.59 Å². The average Bonchev–Trinajstić information content (AvgIpc) is 2.82. The molecule has 2 amide bonds. The van der Waals surface area contributed by atoms with E-state index in [0.29, 0.717) is 13.0 Å². The fourth-order valence-electron chi connectivity index (χ4n) is 2.71. The molecule has 5 heteroatoms. The molecule has 0 aromatic carbocycles. The minimum atomic E-state index is -0.880. The molecule has 2 rings (SSSR count). The van der Waals surface area contributed by atoms with Crippen LogP contribution in [0.2, 0.25) is 0 Å². The monoisotopic (exact) mass is 240 g/mol. The first-order valence-electron chi connectivity index (χ1n) is 6.19. The molecule has 17 heavy (non-hydrogen) atoms. The summed E-state index contributed by atoms with van der Waals surface area (Å²) in [4.78, 5) is 26.6. The van der Waals surface area contributed by atoms with Gasteiger partial charge in [-0.25, -0.2) is 9.59 Å². The van der Waals surface area contributed by atoms with Crippen LogP contribution in [0.15, 0.2) is 0 Å². The Hall–Kier alpha value is -1.26. The van der Waals surface area contributed by atoms with E-state index in [2.05, 4.69) is 13.8 Å². The number of carbonyl (C=O) groups is 2. The maximum absolute atomic E-state index is 12.2. The predicted molar refractivity (Wildman–Crippen MR) is 62.7 cm³/mol. The van der Waals surface area contributed by atoms with Gasteiger partial charge >= 0.3 is 12.0 Å². The van der Waals surface area contributed by atoms with E-state index in [1.54, 1.807) is 4.90 Å². The minimum Gasteiger partial charge on any atom is -0.480 e. The third-order valence-electron chi connectivity index (χ3n) is 3.73. The molecule has 5 nitrogen and oxygen atoms in total. The second-order valence-corrected chi connectivity index (χ2v) is 5.81. The van der Waals surface area contributed by atoms with Gasteiger partial charge in [-0.1, -0.05) is 13.8 Å². The average molecular weight is 240 g/mol. The number of carboxylic acids is 1. The van der Waals surface area contributed by atoms with Crippen LogP contribution >= 0.6 is 0 Å². The van der Waals surface area contributed by atoms with Gasteiger partial charge in [0.1, 0.15) is 6.04 Å². The lowest BCUT2D eigenvalue weighted by molar-refractivity contribution is -0.141. The van der Waals surface area contributed by atoms with Crippen LogP contribution in [0, 0.1) is 5.41 Å². The molecule has 96 valence electrons. The van der Waals surface area contributed by atoms with Crippen molar-refractivity contribution in [2.45, 2.75) is 39.2 Å². The van der Waals surface area contributed by atoms with Crippen molar-refractivity contribution in [2.24, 2.45) is 5.41 Å². The predicted octanol–water partition coefficient (Wildman–Crippen LogP) is 1.39. The molecule has 2 saturated heterocycles. The summed E-state index contributed by atoms with van der Waals surface area (Å²) < 4.78 is 0. The molecule has 2 fully saturated rings. The van der Waals surface area contributed by atoms with Crippen LogP contribution in [-0.4, -0.2) is 52.6 Å². The van der Waals surface area contributed by atoms with Gasteiger partial charge in [0, 0.05) is 19.6 Å². The number of amides is 2. The molecule has 0 aromatic heterocycles. The third-order valence-corrected chi connectivity index (χ3v) is 3.73. The van der Waals surface area contributed by atoms with Crippen molar-refractivity contribution >= 4 is 12.0 Å². The normalized spacial score (nSPS) is 27.5. The summed E-state index contributed by atoms with van der Waals surface area (Å²) in [7, 11) is 0. The highest BCUT2D eigenvalue weighted by Gasteiger charge is 2.39. The molecule has 0 saturated carbocycles. The number of rotatable bonds is 1. The minimum absolute atomic E-state index is 0.0968. The lowest BCUT2D eigenvalue weighted by Gasteiger charge is -2.28. The maximum atomic E-state index is 12.2. The zero-order valence-corrected chi connectivity index (χ0v) is 10.5. The van der Waals surface area contributed by atoms with E-state index in [1.807, 2.05) is 0 Å². The quantitative estimate of drug-likeness (QED) is 0.753. The number of urea groups is 1. The Bertz CT molecular complexity index is 341. The number of aliphatic carboxylic acids is 1. The molecular formula is C12H20N2O3. The van der Waals surface area contributed by atoms with Gasteiger partial charge in [-0.15, -0.1) is 0 Å². The molecule has 0 aliphatic carbocycles. The van der Waals surface area contributed by atoms with Gasteiger partial charge in [-0.2, -0.15) is 0 Å². The molecule has 0 aromatic rings. The summed E-state index contributed by atoms with van der Waals surface area (Å²) in [5.41, 5.74) is 0.161. The van der Waals surface area contributed by atoms with Crippen molar-refractivity contribution < 1.29 is 14.7 Å². The van der Waals surface area contributed by atoms with Crippen molar-refractivity contribution in [1.29, 1.82) is 0 Å². The molecule has 0 spiro atoms. The van der Waals surface area contributed by atoms with E-state index in [0.717, 1.165) is 25.9 Å². The first-order chi connectivity index (χ1) is 7.91. The number of likely N-dealkylation sites (tertiary alicyclic amines) is 2. The second kappa shape index (κ2) is 4.20. The zero-order chi connectivity index (χ0) is 12.6. The number of hydrogen-bond acceptors (Lipinski definition) is 2. The number of carbonyl (C=O) groups excluding carboxylic acids is 1. The Morgan fingerprint density at radius 1 is 1.29 bits per heavy atom. The summed E-state index contributed by atoms with van der Waals surface area (Å²) in [5, 5.41) is 9.07. The molecule has 2 heterocycles. The van der Waals surface area contributed by atoms with Crippen molar-refractivity contribution in [1.82, 2.24) is 9.80 Å². The Balaban J connectivity index is 2.03. The first kappa shape index (κ1) is 12.2. The fourth-order valence-corrected chi connectivity index (χ4v) is 2.71. The van der Waals surface area contributed by atoms with Crippen LogP contribution in [0.1, 0.15) is 33.1 Å². The van der Waals surface area contributed by atoms with E-state index < -0.39 is 12.0 Å². The summed E-state index contributed by atoms with van der Waals surface area (Å²) in [6, 6.07) is -0.716. The molecule has 2 aliphatic rings. The smallest absolute Gasteiger partial charge is 0.326 e. The summed E-state index contributed by atoms with van der Waals surface area (Å²) in [6.45, 7) is 6.33. The molecular weight excluding hydrogens is 220 g/mol. The lowest BCUT2D eigenvalue weighted by atomic mass is 9.93. The Kier molecular flexibility index (Phi) is 3.02. The topological polar surface area (TPSA) is 60.9 Å². The van der Waals surface area contributed by atoms with Gasteiger partial charge in [-0.05, 0) is 24.7 Å². The molecule has 2 aliphatic heterocycles. The van der Waals surface area contributed by atoms with E-state index in [1.165, 1.54) is 4.90 Å². The van der Waals surface area contributed by atoms with Crippen LogP contribution < -0.4 is 0 Å². The summed E-state index contributed by atoms with van der Waals surface area (Å²) >= 11 is 0. The van der Waals surface area contributed by atoms with Gasteiger partial charge in [0.2, 0.25) is 0 Å². The van der Waals surface area contributed by atoms with Crippen LogP contribution in [0.3, 0.4) is 0 Å². The van der Waals surface area contributed by atoms with Crippen LogP contribution in [-0.2, 0) is 4.79 Å². The van der Waals surface area contributed by atoms with Crippen molar-refractivity contribution in [2.75, 3.05) is 19.6 Å². The molecule has 0 unspecified atom stereocenters. The highest BCUT2D eigenvalue weighted by atomic mass is 16.4. The largest absolute Gasteiger partial charge is 0.480 e. The Labute approximate surface area is 101 Å². The SMILES string of the molecule is CC1(C)CCN(C(=O)N2CCC[C@@H]2C(=O)O)C1. The van der Waals surface area contributed by atoms with E-state index >= 15 is 0 Å². The Morgan fingerprint density at radius 3 is 2.53 bits per heavy atom. The highest BCUT2D eigenvalue weighted by Crippen LogP contribution is 2.30. The highest BCUT2D eigenvalue weighted by molar-refractivity contribution is 5.83. The standard InChI is InChI=1S/C12H20N2O3/c1-12(2)5-7-13(8-12)11(17)14-6-3-4-9(14)10(15)16/h9H,3-8H2,1-2H3,(H,15,16)/t9-/m1/s1. The molecule has 0 radical (unpaired) electrons. The molecule has 1 N–H and O–H groups in total. The summed E-state index contributed by atoms with van der Waals surface area (Å²) in [5.74, 6) is -0.880. The van der Waals surface area contributed by atoms with Crippen LogP contribution in [0.4, 0.5) is 4.79 Å². The van der Waals surface area contributed by atoms with Gasteiger partial charge in [0.05, 0.1) is 0 Å². The van der Waals surface area contributed by atoms with Crippen molar-refractivity contribution in [3.63, 3.8) is 0 Å². The fraction of sp³-hybridized carbons (Fsp3) is 0.833. The molecule has 1 atom stereocenters. The van der Waals surface area contributed by atoms with Gasteiger partial charge < -0.3 is 14.9 Å². The number of carboxylic acid groups (broad SMARTS) is 1. The van der Waals surface area contributed by atoms with Crippen LogP contribution in [0.25, 0.3) is 0 Å². The van der Waals surface area contributed by atoms with Gasteiger partial charge in [-0.3, -0.25) is 0 Å².